The van der Waals surface area contributed by atoms with Crippen LogP contribution in [0.4, 0.5) is 0 Å². The van der Waals surface area contributed by atoms with E-state index in [1.807, 2.05) is 76.8 Å². The Labute approximate surface area is 229 Å². The van der Waals surface area contributed by atoms with E-state index in [-0.39, 0.29) is 24.0 Å². The van der Waals surface area contributed by atoms with Gasteiger partial charge < -0.3 is 29.2 Å². The number of carbonyl (C=O) groups is 2. The van der Waals surface area contributed by atoms with Crippen LogP contribution >= 0.6 is 0 Å². The van der Waals surface area contributed by atoms with E-state index in [9.17, 15) is 9.59 Å². The van der Waals surface area contributed by atoms with Crippen LogP contribution in [-0.4, -0.2) is 71.9 Å². The SMILES string of the molecule is C[C@@H]1CN(C(=O)c2ccc3c(c2)[nH]c2c(C(=O)NCC4CC4)cc(B4OC(C)(C)C(C)(C)O4)cc23)C[C@H](C)O1. The zero-order valence-corrected chi connectivity index (χ0v) is 23.7. The summed E-state index contributed by atoms with van der Waals surface area (Å²) < 4.78 is 18.5. The van der Waals surface area contributed by atoms with Gasteiger partial charge in [0, 0.05) is 41.5 Å². The van der Waals surface area contributed by atoms with E-state index in [0.29, 0.717) is 36.7 Å². The number of hydrogen-bond donors (Lipinski definition) is 2. The van der Waals surface area contributed by atoms with Crippen LogP contribution in [0.1, 0.15) is 75.1 Å². The number of ether oxygens (including phenoxy) is 1. The summed E-state index contributed by atoms with van der Waals surface area (Å²) in [6, 6.07) is 9.65. The highest BCUT2D eigenvalue weighted by atomic mass is 16.7. The monoisotopic (exact) mass is 531 g/mol. The van der Waals surface area contributed by atoms with Crippen LogP contribution in [0.25, 0.3) is 21.8 Å². The highest BCUT2D eigenvalue weighted by molar-refractivity contribution is 6.62. The Balaban J connectivity index is 1.41. The van der Waals surface area contributed by atoms with Crippen LogP contribution in [0, 0.1) is 5.92 Å². The molecule has 3 aliphatic rings. The first-order chi connectivity index (χ1) is 18.4. The Bertz CT molecular complexity index is 1430. The van der Waals surface area contributed by atoms with Gasteiger partial charge in [0.2, 0.25) is 0 Å². The first kappa shape index (κ1) is 26.4. The van der Waals surface area contributed by atoms with Crippen molar-refractivity contribution in [2.45, 2.75) is 77.8 Å². The molecule has 39 heavy (non-hydrogen) atoms. The van der Waals surface area contributed by atoms with Crippen LogP contribution in [0.5, 0.6) is 0 Å². The number of amides is 2. The summed E-state index contributed by atoms with van der Waals surface area (Å²) in [5, 5.41) is 4.96. The van der Waals surface area contributed by atoms with Gasteiger partial charge in [0.05, 0.1) is 34.5 Å². The normalized spacial score (nSPS) is 24.5. The molecule has 2 aliphatic heterocycles. The van der Waals surface area contributed by atoms with E-state index >= 15 is 0 Å². The van der Waals surface area contributed by atoms with E-state index in [1.54, 1.807) is 0 Å². The lowest BCUT2D eigenvalue weighted by atomic mass is 9.77. The number of nitrogens with one attached hydrogen (secondary N) is 2. The van der Waals surface area contributed by atoms with E-state index in [2.05, 4.69) is 10.3 Å². The molecule has 8 nitrogen and oxygen atoms in total. The fraction of sp³-hybridized carbons (Fsp3) is 0.533. The number of aromatic amines is 1. The number of H-pyrrole nitrogens is 1. The van der Waals surface area contributed by atoms with Crippen molar-refractivity contribution in [3.05, 3.63) is 41.5 Å². The predicted octanol–water partition coefficient (Wildman–Crippen LogP) is 4.01. The van der Waals surface area contributed by atoms with Crippen LogP contribution < -0.4 is 10.8 Å². The van der Waals surface area contributed by atoms with Gasteiger partial charge in [-0.15, -0.1) is 0 Å². The molecule has 3 heterocycles. The van der Waals surface area contributed by atoms with Crippen molar-refractivity contribution < 1.29 is 23.6 Å². The third kappa shape index (κ3) is 4.85. The molecule has 2 saturated heterocycles. The Morgan fingerprint density at radius 1 is 1.00 bits per heavy atom. The van der Waals surface area contributed by atoms with Gasteiger partial charge in [0.1, 0.15) is 0 Å². The maximum Gasteiger partial charge on any atom is 0.494 e. The molecule has 206 valence electrons. The van der Waals surface area contributed by atoms with E-state index in [4.69, 9.17) is 14.0 Å². The van der Waals surface area contributed by atoms with Gasteiger partial charge >= 0.3 is 7.12 Å². The van der Waals surface area contributed by atoms with Crippen LogP contribution in [0.3, 0.4) is 0 Å². The Hall–Kier alpha value is -2.88. The molecule has 1 aliphatic carbocycles. The summed E-state index contributed by atoms with van der Waals surface area (Å²) >= 11 is 0. The molecule has 0 spiro atoms. The molecule has 1 aromatic heterocycles. The van der Waals surface area contributed by atoms with E-state index < -0.39 is 18.3 Å². The van der Waals surface area contributed by atoms with Gasteiger partial charge in [-0.2, -0.15) is 0 Å². The molecule has 2 amide bonds. The van der Waals surface area contributed by atoms with Crippen molar-refractivity contribution in [3.8, 4) is 0 Å². The first-order valence-corrected chi connectivity index (χ1v) is 14.1. The quantitative estimate of drug-likeness (QED) is 0.486. The Morgan fingerprint density at radius 3 is 2.31 bits per heavy atom. The predicted molar refractivity (Wildman–Crippen MR) is 152 cm³/mol. The second-order valence-electron chi connectivity index (χ2n) is 12.6. The third-order valence-electron chi connectivity index (χ3n) is 8.70. The lowest BCUT2D eigenvalue weighted by molar-refractivity contribution is -0.0586. The average Bonchev–Trinajstić information content (AvgIpc) is 3.58. The molecule has 2 aromatic carbocycles. The van der Waals surface area contributed by atoms with Crippen molar-refractivity contribution in [2.75, 3.05) is 19.6 Å². The topological polar surface area (TPSA) is 92.9 Å². The summed E-state index contributed by atoms with van der Waals surface area (Å²) in [4.78, 5) is 32.2. The summed E-state index contributed by atoms with van der Waals surface area (Å²) in [7, 11) is -0.592. The van der Waals surface area contributed by atoms with Gasteiger partial charge in [-0.3, -0.25) is 9.59 Å². The van der Waals surface area contributed by atoms with Gasteiger partial charge in [-0.05, 0) is 84.0 Å². The summed E-state index contributed by atoms with van der Waals surface area (Å²) in [6.07, 6.45) is 2.32. The van der Waals surface area contributed by atoms with E-state index in [1.165, 1.54) is 0 Å². The molecule has 2 N–H and O–H groups in total. The number of hydrogen-bond acceptors (Lipinski definition) is 5. The minimum absolute atomic E-state index is 0.000354. The van der Waals surface area contributed by atoms with Crippen molar-refractivity contribution in [2.24, 2.45) is 5.92 Å². The Morgan fingerprint density at radius 2 is 1.67 bits per heavy atom. The largest absolute Gasteiger partial charge is 0.494 e. The molecule has 3 fully saturated rings. The smallest absolute Gasteiger partial charge is 0.399 e. The van der Waals surface area contributed by atoms with Gasteiger partial charge in [-0.25, -0.2) is 0 Å². The second kappa shape index (κ2) is 9.35. The lowest BCUT2D eigenvalue weighted by Gasteiger charge is -2.35. The van der Waals surface area contributed by atoms with Crippen molar-refractivity contribution in [1.82, 2.24) is 15.2 Å². The molecular weight excluding hydrogens is 493 g/mol. The van der Waals surface area contributed by atoms with Gasteiger partial charge in [0.25, 0.3) is 11.8 Å². The van der Waals surface area contributed by atoms with Gasteiger partial charge in [0.15, 0.2) is 0 Å². The molecule has 0 unspecified atom stereocenters. The minimum atomic E-state index is -0.592. The summed E-state index contributed by atoms with van der Waals surface area (Å²) in [6.45, 7) is 13.9. The zero-order chi connectivity index (χ0) is 27.7. The van der Waals surface area contributed by atoms with Crippen LogP contribution in [0.2, 0.25) is 0 Å². The standard InChI is InChI=1S/C30H38BN3O5/c1-17-15-34(16-18(2)37-17)28(36)20-9-10-22-23-12-21(31-38-29(3,4)30(5,6)39-31)13-24(26(23)33-25(22)11-20)27(35)32-14-19-7-8-19/h9-13,17-19,33H,7-8,14-16H2,1-6H3,(H,32,35)/t17-,18+. The number of aromatic nitrogens is 1. The third-order valence-corrected chi connectivity index (χ3v) is 8.70. The Kier molecular flexibility index (Phi) is 6.32. The maximum absolute atomic E-state index is 13.4. The molecule has 3 aromatic rings. The minimum Gasteiger partial charge on any atom is -0.399 e. The molecule has 2 atom stereocenters. The molecule has 0 radical (unpaired) electrons. The van der Waals surface area contributed by atoms with Gasteiger partial charge in [-0.1, -0.05) is 12.1 Å². The molecule has 9 heteroatoms. The van der Waals surface area contributed by atoms with Crippen molar-refractivity contribution in [3.63, 3.8) is 0 Å². The number of fused-ring (bicyclic) bond motifs is 3. The van der Waals surface area contributed by atoms with E-state index in [0.717, 1.165) is 40.1 Å². The summed E-state index contributed by atoms with van der Waals surface area (Å²) in [5.74, 6) is 0.430. The molecule has 0 bridgehead atoms. The van der Waals surface area contributed by atoms with Crippen molar-refractivity contribution in [1.29, 1.82) is 0 Å². The summed E-state index contributed by atoms with van der Waals surface area (Å²) in [5.41, 5.74) is 2.54. The number of morpholine rings is 1. The molecule has 6 rings (SSSR count). The van der Waals surface area contributed by atoms with Crippen LogP contribution in [-0.2, 0) is 14.0 Å². The highest BCUT2D eigenvalue weighted by Gasteiger charge is 2.52. The molecule has 1 saturated carbocycles. The zero-order valence-electron chi connectivity index (χ0n) is 23.7. The molecular formula is C30H38BN3O5. The van der Waals surface area contributed by atoms with Crippen molar-refractivity contribution >= 4 is 46.2 Å². The number of benzene rings is 2. The average molecular weight is 531 g/mol. The number of carbonyl (C=O) groups excluding carboxylic acids is 2. The fourth-order valence-corrected chi connectivity index (χ4v) is 5.64. The highest BCUT2D eigenvalue weighted by Crippen LogP contribution is 2.37. The fourth-order valence-electron chi connectivity index (χ4n) is 5.64. The number of nitrogens with zero attached hydrogens (tertiary/aromatic N) is 1. The maximum atomic E-state index is 13.4. The number of rotatable bonds is 5. The van der Waals surface area contributed by atoms with Crippen LogP contribution in [0.15, 0.2) is 30.3 Å². The first-order valence-electron chi connectivity index (χ1n) is 14.1. The second-order valence-corrected chi connectivity index (χ2v) is 12.6. The lowest BCUT2D eigenvalue weighted by Crippen LogP contribution is -2.48.